The highest BCUT2D eigenvalue weighted by Gasteiger charge is 2.35. The molecule has 1 aliphatic rings. The first kappa shape index (κ1) is 16.9. The van der Waals surface area contributed by atoms with E-state index in [1.54, 1.807) is 24.0 Å². The van der Waals surface area contributed by atoms with Crippen molar-refractivity contribution in [3.63, 3.8) is 0 Å². The Labute approximate surface area is 156 Å². The molecule has 3 heterocycles. The maximum Gasteiger partial charge on any atom is 0.260 e. The molecule has 134 valence electrons. The monoisotopic (exact) mass is 369 g/mol. The second kappa shape index (κ2) is 6.02. The van der Waals surface area contributed by atoms with E-state index in [1.807, 2.05) is 47.7 Å². The number of rotatable bonds is 2. The fraction of sp³-hybridized carbons (Fsp3) is 0.300. The first-order valence-electron chi connectivity index (χ1n) is 8.60. The standard InChI is InChI=1S/C20H20ClN3O2/c1-12-10-23(3)20(26)17-15(11-22(2)18(12)17)19(25)24-9-8-16(24)13-4-6-14(21)7-5-13/h4-7,10-11,16H,8-9H2,1-3H3. The maximum atomic E-state index is 13.2. The molecular formula is C20H20ClN3O2. The second-order valence-electron chi connectivity index (χ2n) is 6.96. The number of benzene rings is 1. The number of carbonyl (C=O) groups is 1. The minimum atomic E-state index is -0.141. The number of fused-ring (bicyclic) bond motifs is 1. The van der Waals surface area contributed by atoms with Crippen LogP contribution in [-0.4, -0.2) is 26.5 Å². The van der Waals surface area contributed by atoms with Crippen LogP contribution in [0.3, 0.4) is 0 Å². The molecule has 0 spiro atoms. The zero-order chi connectivity index (χ0) is 18.6. The zero-order valence-electron chi connectivity index (χ0n) is 15.0. The molecule has 1 aliphatic heterocycles. The lowest BCUT2D eigenvalue weighted by Crippen LogP contribution is -2.45. The van der Waals surface area contributed by atoms with Gasteiger partial charge >= 0.3 is 0 Å². The van der Waals surface area contributed by atoms with Gasteiger partial charge in [-0.25, -0.2) is 0 Å². The number of amides is 1. The van der Waals surface area contributed by atoms with Crippen LogP contribution in [0.25, 0.3) is 10.9 Å². The van der Waals surface area contributed by atoms with E-state index in [-0.39, 0.29) is 17.5 Å². The summed E-state index contributed by atoms with van der Waals surface area (Å²) >= 11 is 5.97. The molecule has 0 aliphatic carbocycles. The first-order chi connectivity index (χ1) is 12.4. The Balaban J connectivity index is 1.78. The summed E-state index contributed by atoms with van der Waals surface area (Å²) in [4.78, 5) is 27.8. The number of pyridine rings is 1. The van der Waals surface area contributed by atoms with Crippen molar-refractivity contribution in [1.82, 2.24) is 14.0 Å². The van der Waals surface area contributed by atoms with E-state index in [2.05, 4.69) is 0 Å². The first-order valence-corrected chi connectivity index (χ1v) is 8.98. The van der Waals surface area contributed by atoms with E-state index in [4.69, 9.17) is 11.6 Å². The minimum absolute atomic E-state index is 0.0312. The van der Waals surface area contributed by atoms with Crippen LogP contribution in [0.1, 0.15) is 33.9 Å². The van der Waals surface area contributed by atoms with Gasteiger partial charge in [-0.3, -0.25) is 9.59 Å². The van der Waals surface area contributed by atoms with Crippen LogP contribution in [0.4, 0.5) is 0 Å². The molecule has 0 bridgehead atoms. The average Bonchev–Trinajstić information content (AvgIpc) is 2.92. The minimum Gasteiger partial charge on any atom is -0.349 e. The number of nitrogens with zero attached hydrogens (tertiary/aromatic N) is 3. The molecule has 2 aromatic heterocycles. The topological polar surface area (TPSA) is 47.2 Å². The largest absolute Gasteiger partial charge is 0.349 e. The van der Waals surface area contributed by atoms with Gasteiger partial charge in [0.15, 0.2) is 0 Å². The molecule has 3 aromatic rings. The number of halogens is 1. The molecule has 0 radical (unpaired) electrons. The molecule has 1 unspecified atom stereocenters. The van der Waals surface area contributed by atoms with Crippen LogP contribution < -0.4 is 5.56 Å². The smallest absolute Gasteiger partial charge is 0.260 e. The van der Waals surface area contributed by atoms with Gasteiger partial charge in [0.25, 0.3) is 11.5 Å². The molecule has 4 rings (SSSR count). The summed E-state index contributed by atoms with van der Waals surface area (Å²) < 4.78 is 3.41. The quantitative estimate of drug-likeness (QED) is 0.694. The summed E-state index contributed by atoms with van der Waals surface area (Å²) in [6.45, 7) is 2.64. The summed E-state index contributed by atoms with van der Waals surface area (Å²) in [6.07, 6.45) is 4.49. The van der Waals surface area contributed by atoms with Gasteiger partial charge in [-0.2, -0.15) is 0 Å². The van der Waals surface area contributed by atoms with Crippen molar-refractivity contribution >= 4 is 28.4 Å². The summed E-state index contributed by atoms with van der Waals surface area (Å²) in [5, 5.41) is 1.18. The summed E-state index contributed by atoms with van der Waals surface area (Å²) in [7, 11) is 3.59. The van der Waals surface area contributed by atoms with E-state index in [1.165, 1.54) is 0 Å². The van der Waals surface area contributed by atoms with Gasteiger partial charge in [-0.15, -0.1) is 0 Å². The van der Waals surface area contributed by atoms with Gasteiger partial charge in [0.2, 0.25) is 0 Å². The van der Waals surface area contributed by atoms with Crippen molar-refractivity contribution in [2.45, 2.75) is 19.4 Å². The van der Waals surface area contributed by atoms with Gasteiger partial charge in [0.05, 0.1) is 22.5 Å². The summed E-state index contributed by atoms with van der Waals surface area (Å²) in [6, 6.07) is 7.63. The van der Waals surface area contributed by atoms with E-state index >= 15 is 0 Å². The van der Waals surface area contributed by atoms with Crippen LogP contribution in [0, 0.1) is 6.92 Å². The normalized spacial score (nSPS) is 16.8. The van der Waals surface area contributed by atoms with Crippen LogP contribution in [0.2, 0.25) is 5.02 Å². The van der Waals surface area contributed by atoms with Gasteiger partial charge < -0.3 is 14.0 Å². The predicted molar refractivity (Wildman–Crippen MR) is 103 cm³/mol. The molecular weight excluding hydrogens is 350 g/mol. The third kappa shape index (κ3) is 2.46. The van der Waals surface area contributed by atoms with Crippen molar-refractivity contribution in [1.29, 1.82) is 0 Å². The molecule has 1 aromatic carbocycles. The van der Waals surface area contributed by atoms with E-state index in [9.17, 15) is 9.59 Å². The number of likely N-dealkylation sites (tertiary alicyclic amines) is 1. The lowest BCUT2D eigenvalue weighted by atomic mass is 9.93. The molecule has 1 fully saturated rings. The van der Waals surface area contributed by atoms with Crippen molar-refractivity contribution in [3.05, 3.63) is 68.7 Å². The second-order valence-corrected chi connectivity index (χ2v) is 7.40. The maximum absolute atomic E-state index is 13.2. The van der Waals surface area contributed by atoms with Gasteiger partial charge in [-0.05, 0) is 36.6 Å². The average molecular weight is 370 g/mol. The van der Waals surface area contributed by atoms with Crippen molar-refractivity contribution in [3.8, 4) is 0 Å². The van der Waals surface area contributed by atoms with E-state index in [0.717, 1.165) is 23.1 Å². The van der Waals surface area contributed by atoms with Crippen molar-refractivity contribution in [2.75, 3.05) is 6.54 Å². The SMILES string of the molecule is Cc1cn(C)c(=O)c2c(C(=O)N3CCC3c3ccc(Cl)cc3)cn(C)c12. The summed E-state index contributed by atoms with van der Waals surface area (Å²) in [5.41, 5.74) is 3.20. The van der Waals surface area contributed by atoms with Crippen LogP contribution >= 0.6 is 11.6 Å². The molecule has 1 saturated heterocycles. The highest BCUT2D eigenvalue weighted by molar-refractivity contribution is 6.30. The van der Waals surface area contributed by atoms with Crippen molar-refractivity contribution < 1.29 is 4.79 Å². The van der Waals surface area contributed by atoms with Gasteiger partial charge in [0.1, 0.15) is 0 Å². The Hall–Kier alpha value is -2.53. The Morgan fingerprint density at radius 2 is 1.81 bits per heavy atom. The molecule has 0 N–H and O–H groups in total. The van der Waals surface area contributed by atoms with Crippen LogP contribution in [0.5, 0.6) is 0 Å². The van der Waals surface area contributed by atoms with Gasteiger partial charge in [-0.1, -0.05) is 23.7 Å². The summed E-state index contributed by atoms with van der Waals surface area (Å²) in [5.74, 6) is -0.0931. The lowest BCUT2D eigenvalue weighted by molar-refractivity contribution is 0.0462. The molecule has 1 atom stereocenters. The lowest BCUT2D eigenvalue weighted by Gasteiger charge is -2.41. The fourth-order valence-corrected chi connectivity index (χ4v) is 4.01. The Kier molecular flexibility index (Phi) is 3.92. The third-order valence-electron chi connectivity index (χ3n) is 5.24. The Bertz CT molecular complexity index is 1080. The number of carbonyl (C=O) groups excluding carboxylic acids is 1. The zero-order valence-corrected chi connectivity index (χ0v) is 15.7. The Morgan fingerprint density at radius 3 is 2.42 bits per heavy atom. The van der Waals surface area contributed by atoms with Gasteiger partial charge in [0, 0.05) is 38.1 Å². The Morgan fingerprint density at radius 1 is 1.12 bits per heavy atom. The van der Waals surface area contributed by atoms with Crippen LogP contribution in [0.15, 0.2) is 41.5 Å². The van der Waals surface area contributed by atoms with Crippen molar-refractivity contribution in [2.24, 2.45) is 14.1 Å². The molecule has 5 nitrogen and oxygen atoms in total. The van der Waals surface area contributed by atoms with E-state index in [0.29, 0.717) is 22.5 Å². The van der Waals surface area contributed by atoms with Crippen LogP contribution in [-0.2, 0) is 14.1 Å². The molecule has 1 amide bonds. The number of hydrogen-bond acceptors (Lipinski definition) is 2. The highest BCUT2D eigenvalue weighted by atomic mass is 35.5. The third-order valence-corrected chi connectivity index (χ3v) is 5.49. The highest BCUT2D eigenvalue weighted by Crippen LogP contribution is 2.36. The number of aromatic nitrogens is 2. The number of hydrogen-bond donors (Lipinski definition) is 0. The number of aryl methyl sites for hydroxylation is 3. The predicted octanol–water partition coefficient (Wildman–Crippen LogP) is 3.43. The molecule has 26 heavy (non-hydrogen) atoms. The molecule has 0 saturated carbocycles. The fourth-order valence-electron chi connectivity index (χ4n) is 3.88. The molecule has 6 heteroatoms. The van der Waals surface area contributed by atoms with E-state index < -0.39 is 0 Å².